The lowest BCUT2D eigenvalue weighted by Gasteiger charge is -2.20. The van der Waals surface area contributed by atoms with Crippen molar-refractivity contribution in [2.75, 3.05) is 38.7 Å². The summed E-state index contributed by atoms with van der Waals surface area (Å²) in [5.74, 6) is 5.59. The third-order valence-corrected chi connectivity index (χ3v) is 3.51. The van der Waals surface area contributed by atoms with Crippen LogP contribution in [0.4, 0.5) is 5.82 Å². The van der Waals surface area contributed by atoms with Crippen LogP contribution in [-0.2, 0) is 0 Å². The number of nitrogens with two attached hydrogens (primary N) is 1. The number of nitrogen functional groups attached to an aromatic ring is 1. The number of halogens is 1. The van der Waals surface area contributed by atoms with Gasteiger partial charge in [-0.15, -0.1) is 0 Å². The van der Waals surface area contributed by atoms with Crippen LogP contribution < -0.4 is 11.3 Å². The van der Waals surface area contributed by atoms with Gasteiger partial charge in [-0.1, -0.05) is 11.6 Å². The molecule has 1 saturated heterocycles. The molecule has 1 aromatic rings. The number of rotatable bonds is 2. The minimum Gasteiger partial charge on any atom is -0.336 e. The van der Waals surface area contributed by atoms with Crippen molar-refractivity contribution in [3.63, 3.8) is 0 Å². The summed E-state index contributed by atoms with van der Waals surface area (Å²) >= 11 is 6.05. The van der Waals surface area contributed by atoms with E-state index in [9.17, 15) is 4.79 Å². The van der Waals surface area contributed by atoms with Gasteiger partial charge in [0.25, 0.3) is 5.91 Å². The van der Waals surface area contributed by atoms with Crippen molar-refractivity contribution in [2.45, 2.75) is 6.42 Å². The minimum atomic E-state index is -0.141. The number of nitrogens with one attached hydrogen (secondary N) is 1. The van der Waals surface area contributed by atoms with Gasteiger partial charge < -0.3 is 15.2 Å². The summed E-state index contributed by atoms with van der Waals surface area (Å²) in [4.78, 5) is 20.6. The summed E-state index contributed by atoms with van der Waals surface area (Å²) in [6.45, 7) is 3.27. The Hall–Kier alpha value is -1.37. The van der Waals surface area contributed by atoms with Crippen molar-refractivity contribution in [1.29, 1.82) is 0 Å². The van der Waals surface area contributed by atoms with Crippen LogP contribution in [0, 0.1) is 0 Å². The van der Waals surface area contributed by atoms with Crippen LogP contribution in [0.5, 0.6) is 0 Å². The van der Waals surface area contributed by atoms with Gasteiger partial charge in [0.1, 0.15) is 11.5 Å². The lowest BCUT2D eigenvalue weighted by Crippen LogP contribution is -2.35. The van der Waals surface area contributed by atoms with Crippen LogP contribution in [0.25, 0.3) is 0 Å². The number of hydrogen-bond acceptors (Lipinski definition) is 5. The Morgan fingerprint density at radius 3 is 2.89 bits per heavy atom. The van der Waals surface area contributed by atoms with Crippen molar-refractivity contribution >= 4 is 23.3 Å². The number of nitrogens with zero attached hydrogens (tertiary/aromatic N) is 3. The fourth-order valence-electron chi connectivity index (χ4n) is 2.07. The van der Waals surface area contributed by atoms with E-state index < -0.39 is 0 Å². The monoisotopic (exact) mass is 283 g/mol. The Kier molecular flexibility index (Phi) is 4.57. The zero-order chi connectivity index (χ0) is 13.8. The number of anilines is 1. The third-order valence-electron chi connectivity index (χ3n) is 3.20. The molecule has 0 atom stereocenters. The summed E-state index contributed by atoms with van der Waals surface area (Å²) in [7, 11) is 2.05. The van der Waals surface area contributed by atoms with E-state index in [1.54, 1.807) is 17.0 Å². The number of hydrazine groups is 1. The van der Waals surface area contributed by atoms with Crippen molar-refractivity contribution in [2.24, 2.45) is 5.84 Å². The first kappa shape index (κ1) is 14.0. The first-order valence-corrected chi connectivity index (χ1v) is 6.60. The summed E-state index contributed by atoms with van der Waals surface area (Å²) in [5, 5.41) is 0.349. The van der Waals surface area contributed by atoms with Crippen LogP contribution in [0.2, 0.25) is 5.02 Å². The second kappa shape index (κ2) is 6.18. The van der Waals surface area contributed by atoms with E-state index in [4.69, 9.17) is 17.4 Å². The first-order valence-electron chi connectivity index (χ1n) is 6.23. The number of aromatic nitrogens is 1. The molecule has 1 amide bonds. The topological polar surface area (TPSA) is 74.5 Å². The molecule has 0 spiro atoms. The average molecular weight is 284 g/mol. The van der Waals surface area contributed by atoms with Gasteiger partial charge in [0, 0.05) is 19.6 Å². The molecule has 3 N–H and O–H groups in total. The highest BCUT2D eigenvalue weighted by Crippen LogP contribution is 2.18. The van der Waals surface area contributed by atoms with Crippen molar-refractivity contribution in [3.05, 3.63) is 22.8 Å². The maximum atomic E-state index is 12.4. The second-order valence-corrected chi connectivity index (χ2v) is 5.03. The summed E-state index contributed by atoms with van der Waals surface area (Å²) in [6.07, 6.45) is 0.953. The SMILES string of the molecule is CN1CCCN(C(=O)c2nc(NN)ccc2Cl)CC1. The number of likely N-dealkylation sites (N-methyl/N-ethyl adjacent to an activating group) is 1. The predicted molar refractivity (Wildman–Crippen MR) is 75.1 cm³/mol. The Balaban J connectivity index is 2.18. The van der Waals surface area contributed by atoms with E-state index in [1.165, 1.54) is 0 Å². The fraction of sp³-hybridized carbons (Fsp3) is 0.500. The average Bonchev–Trinajstić information content (AvgIpc) is 2.63. The molecule has 6 nitrogen and oxygen atoms in total. The van der Waals surface area contributed by atoms with Gasteiger partial charge in [0.15, 0.2) is 0 Å². The second-order valence-electron chi connectivity index (χ2n) is 4.62. The number of carbonyl (C=O) groups is 1. The summed E-state index contributed by atoms with van der Waals surface area (Å²) in [5.41, 5.74) is 2.67. The van der Waals surface area contributed by atoms with Crippen molar-refractivity contribution in [3.8, 4) is 0 Å². The molecule has 2 rings (SSSR count). The summed E-state index contributed by atoms with van der Waals surface area (Å²) < 4.78 is 0. The van der Waals surface area contributed by atoms with Gasteiger partial charge in [-0.2, -0.15) is 0 Å². The molecule has 1 aromatic heterocycles. The van der Waals surface area contributed by atoms with Crippen LogP contribution >= 0.6 is 11.6 Å². The molecule has 2 heterocycles. The van der Waals surface area contributed by atoms with E-state index in [0.29, 0.717) is 17.4 Å². The van der Waals surface area contributed by atoms with Crippen LogP contribution in [0.15, 0.2) is 12.1 Å². The standard InChI is InChI=1S/C12H18ClN5O/c1-17-5-2-6-18(8-7-17)12(19)11-9(13)3-4-10(15-11)16-14/h3-4H,2,5-8,14H2,1H3,(H,15,16). The number of carbonyl (C=O) groups excluding carboxylic acids is 1. The maximum absolute atomic E-state index is 12.4. The molecule has 0 saturated carbocycles. The lowest BCUT2D eigenvalue weighted by atomic mass is 10.3. The molecule has 0 aromatic carbocycles. The summed E-state index contributed by atoms with van der Waals surface area (Å²) in [6, 6.07) is 3.26. The van der Waals surface area contributed by atoms with Gasteiger partial charge in [0.05, 0.1) is 5.02 Å². The van der Waals surface area contributed by atoms with Crippen LogP contribution in [0.1, 0.15) is 16.9 Å². The molecule has 0 unspecified atom stereocenters. The quantitative estimate of drug-likeness (QED) is 0.620. The van der Waals surface area contributed by atoms with Crippen LogP contribution in [-0.4, -0.2) is 53.9 Å². The zero-order valence-corrected chi connectivity index (χ0v) is 11.7. The fourth-order valence-corrected chi connectivity index (χ4v) is 2.26. The van der Waals surface area contributed by atoms with E-state index in [-0.39, 0.29) is 11.6 Å². The molecular weight excluding hydrogens is 266 g/mol. The minimum absolute atomic E-state index is 0.141. The number of hydrogen-bond donors (Lipinski definition) is 2. The largest absolute Gasteiger partial charge is 0.336 e. The van der Waals surface area contributed by atoms with E-state index in [2.05, 4.69) is 22.4 Å². The molecule has 104 valence electrons. The Labute approximate surface area is 117 Å². The van der Waals surface area contributed by atoms with Gasteiger partial charge in [-0.25, -0.2) is 10.8 Å². The molecule has 19 heavy (non-hydrogen) atoms. The highest BCUT2D eigenvalue weighted by atomic mass is 35.5. The maximum Gasteiger partial charge on any atom is 0.274 e. The van der Waals surface area contributed by atoms with Crippen LogP contribution in [0.3, 0.4) is 0 Å². The van der Waals surface area contributed by atoms with Crippen molar-refractivity contribution < 1.29 is 4.79 Å². The molecule has 0 aliphatic carbocycles. The molecular formula is C12H18ClN5O. The Morgan fingerprint density at radius 1 is 1.37 bits per heavy atom. The zero-order valence-electron chi connectivity index (χ0n) is 10.9. The molecule has 1 fully saturated rings. The molecule has 1 aliphatic heterocycles. The Morgan fingerprint density at radius 2 is 2.16 bits per heavy atom. The molecule has 7 heteroatoms. The lowest BCUT2D eigenvalue weighted by molar-refractivity contribution is 0.0757. The highest BCUT2D eigenvalue weighted by molar-refractivity contribution is 6.33. The highest BCUT2D eigenvalue weighted by Gasteiger charge is 2.22. The van der Waals surface area contributed by atoms with E-state index in [0.717, 1.165) is 26.1 Å². The normalized spacial score (nSPS) is 17.1. The Bertz CT molecular complexity index is 467. The third kappa shape index (κ3) is 3.34. The molecule has 0 radical (unpaired) electrons. The molecule has 0 bridgehead atoms. The first-order chi connectivity index (χ1) is 9.11. The van der Waals surface area contributed by atoms with Gasteiger partial charge in [-0.3, -0.25) is 4.79 Å². The number of pyridine rings is 1. The van der Waals surface area contributed by atoms with Crippen molar-refractivity contribution in [1.82, 2.24) is 14.8 Å². The smallest absolute Gasteiger partial charge is 0.274 e. The van der Waals surface area contributed by atoms with Gasteiger partial charge >= 0.3 is 0 Å². The van der Waals surface area contributed by atoms with E-state index in [1.807, 2.05) is 0 Å². The van der Waals surface area contributed by atoms with Gasteiger partial charge in [-0.05, 0) is 32.1 Å². The molecule has 1 aliphatic rings. The number of amides is 1. The predicted octanol–water partition coefficient (Wildman–Crippen LogP) is 0.798. The van der Waals surface area contributed by atoms with E-state index >= 15 is 0 Å². The van der Waals surface area contributed by atoms with Gasteiger partial charge in [0.2, 0.25) is 0 Å².